The van der Waals surface area contributed by atoms with Crippen molar-refractivity contribution < 1.29 is 19.8 Å². The number of aliphatic carboxylic acids is 2. The molecule has 0 spiro atoms. The first-order valence-electron chi connectivity index (χ1n) is 3.01. The Morgan fingerprint density at radius 1 is 1.33 bits per heavy atom. The molecule has 0 aromatic rings. The van der Waals surface area contributed by atoms with Crippen molar-refractivity contribution in [3.8, 4) is 0 Å². The van der Waals surface area contributed by atoms with Crippen molar-refractivity contribution in [3.05, 3.63) is 11.8 Å². The van der Waals surface area contributed by atoms with Crippen molar-refractivity contribution in [2.45, 2.75) is 13.8 Å². The molecule has 70 valence electrons. The van der Waals surface area contributed by atoms with Crippen LogP contribution in [-0.4, -0.2) is 22.2 Å². The number of carbonyl (C=O) groups is 2. The van der Waals surface area contributed by atoms with Crippen molar-refractivity contribution in [2.24, 2.45) is 5.84 Å². The van der Waals surface area contributed by atoms with E-state index < -0.39 is 11.9 Å². The maximum Gasteiger partial charge on any atom is 0.414 e. The molecule has 0 aliphatic heterocycles. The number of nitrogens with two attached hydrogens (primary N) is 1. The third kappa shape index (κ3) is 11.3. The second-order valence-electron chi connectivity index (χ2n) is 1.73. The molecule has 12 heavy (non-hydrogen) atoms. The fourth-order valence-electron chi connectivity index (χ4n) is 0.0833. The van der Waals surface area contributed by atoms with Crippen LogP contribution in [0.25, 0.3) is 0 Å². The molecule has 0 bridgehead atoms. The molecular formula is C6H12N2O4. The molecule has 0 saturated carbocycles. The highest BCUT2D eigenvalue weighted by Gasteiger charge is 2.04. The van der Waals surface area contributed by atoms with E-state index in [1.807, 2.05) is 19.9 Å². The summed E-state index contributed by atoms with van der Waals surface area (Å²) in [5, 5.41) is 14.8. The third-order valence-electron chi connectivity index (χ3n) is 0.844. The summed E-state index contributed by atoms with van der Waals surface area (Å²) < 4.78 is 0. The molecule has 6 heteroatoms. The lowest BCUT2D eigenvalue weighted by Crippen LogP contribution is -2.18. The molecule has 0 fully saturated rings. The van der Waals surface area contributed by atoms with Gasteiger partial charge in [0.1, 0.15) is 0 Å². The number of carboxylic acid groups (broad SMARTS) is 2. The maximum atomic E-state index is 9.10. The van der Waals surface area contributed by atoms with Crippen molar-refractivity contribution in [3.63, 3.8) is 0 Å². The van der Waals surface area contributed by atoms with Crippen LogP contribution in [0.4, 0.5) is 0 Å². The zero-order valence-electron chi connectivity index (χ0n) is 6.87. The lowest BCUT2D eigenvalue weighted by Gasteiger charge is -1.91. The lowest BCUT2D eigenvalue weighted by atomic mass is 10.5. The van der Waals surface area contributed by atoms with Gasteiger partial charge in [0.15, 0.2) is 0 Å². The SMILES string of the molecule is C/C=C(/C)NN.O=C(O)C(=O)O. The second-order valence-corrected chi connectivity index (χ2v) is 1.73. The Morgan fingerprint density at radius 2 is 1.67 bits per heavy atom. The topological polar surface area (TPSA) is 113 Å². The van der Waals surface area contributed by atoms with E-state index in [1.165, 1.54) is 0 Å². The fourth-order valence-corrected chi connectivity index (χ4v) is 0.0833. The van der Waals surface area contributed by atoms with Gasteiger partial charge in [-0.25, -0.2) is 9.59 Å². The van der Waals surface area contributed by atoms with Gasteiger partial charge in [-0.2, -0.15) is 0 Å². The standard InChI is InChI=1S/C4H10N2.C2H2O4/c1-3-4(2)6-5;3-1(4)2(5)6/h3,6H,5H2,1-2H3;(H,3,4)(H,5,6)/b4-3-;. The summed E-state index contributed by atoms with van der Waals surface area (Å²) in [7, 11) is 0. The molecule has 0 rings (SSSR count). The fraction of sp³-hybridized carbons (Fsp3) is 0.333. The third-order valence-corrected chi connectivity index (χ3v) is 0.844. The van der Waals surface area contributed by atoms with Crippen LogP contribution < -0.4 is 11.3 Å². The Bertz CT molecular complexity index is 176. The molecule has 0 saturated heterocycles. The minimum atomic E-state index is -1.82. The molecule has 0 aliphatic rings. The molecule has 0 amide bonds. The smallest absolute Gasteiger partial charge is 0.414 e. The van der Waals surface area contributed by atoms with Gasteiger partial charge >= 0.3 is 11.9 Å². The van der Waals surface area contributed by atoms with Crippen LogP contribution in [0.3, 0.4) is 0 Å². The molecule has 0 aromatic carbocycles. The Kier molecular flexibility index (Phi) is 8.21. The summed E-state index contributed by atoms with van der Waals surface area (Å²) in [6.45, 7) is 3.83. The van der Waals surface area contributed by atoms with E-state index >= 15 is 0 Å². The molecule has 0 unspecified atom stereocenters. The van der Waals surface area contributed by atoms with E-state index in [0.717, 1.165) is 5.70 Å². The summed E-state index contributed by atoms with van der Waals surface area (Å²) in [4.78, 5) is 18.2. The van der Waals surface area contributed by atoms with Gasteiger partial charge in [-0.1, -0.05) is 6.08 Å². The molecule has 6 nitrogen and oxygen atoms in total. The Hall–Kier alpha value is -1.56. The number of carboxylic acids is 2. The average Bonchev–Trinajstić information content (AvgIpc) is 2.04. The van der Waals surface area contributed by atoms with E-state index in [9.17, 15) is 0 Å². The molecule has 0 aliphatic carbocycles. The number of hydrogen-bond acceptors (Lipinski definition) is 4. The van der Waals surface area contributed by atoms with Crippen LogP contribution in [0.5, 0.6) is 0 Å². The highest BCUT2D eigenvalue weighted by Crippen LogP contribution is 1.76. The normalized spacial score (nSPS) is 9.42. The van der Waals surface area contributed by atoms with E-state index in [-0.39, 0.29) is 0 Å². The predicted molar refractivity (Wildman–Crippen MR) is 42.0 cm³/mol. The van der Waals surface area contributed by atoms with Gasteiger partial charge < -0.3 is 15.6 Å². The monoisotopic (exact) mass is 176 g/mol. The summed E-state index contributed by atoms with van der Waals surface area (Å²) >= 11 is 0. The zero-order valence-corrected chi connectivity index (χ0v) is 6.87. The van der Waals surface area contributed by atoms with Crippen molar-refractivity contribution in [1.29, 1.82) is 0 Å². The number of hydrazine groups is 1. The highest BCUT2D eigenvalue weighted by molar-refractivity contribution is 6.27. The first-order valence-corrected chi connectivity index (χ1v) is 3.01. The summed E-state index contributed by atoms with van der Waals surface area (Å²) in [6.07, 6.45) is 1.90. The van der Waals surface area contributed by atoms with Crippen LogP contribution in [0.1, 0.15) is 13.8 Å². The van der Waals surface area contributed by atoms with Crippen LogP contribution >= 0.6 is 0 Å². The van der Waals surface area contributed by atoms with E-state index in [1.54, 1.807) is 0 Å². The van der Waals surface area contributed by atoms with E-state index in [0.29, 0.717) is 0 Å². The zero-order chi connectivity index (χ0) is 10.1. The molecule has 5 N–H and O–H groups in total. The number of hydrogen-bond donors (Lipinski definition) is 4. The number of allylic oxidation sites excluding steroid dienone is 2. The van der Waals surface area contributed by atoms with Gasteiger partial charge in [0, 0.05) is 5.70 Å². The van der Waals surface area contributed by atoms with E-state index in [4.69, 9.17) is 25.6 Å². The van der Waals surface area contributed by atoms with Crippen LogP contribution in [0.15, 0.2) is 11.8 Å². The summed E-state index contributed by atoms with van der Waals surface area (Å²) in [6, 6.07) is 0. The van der Waals surface area contributed by atoms with Gasteiger partial charge in [0.25, 0.3) is 0 Å². The van der Waals surface area contributed by atoms with Gasteiger partial charge in [0.05, 0.1) is 0 Å². The number of rotatable bonds is 1. The Morgan fingerprint density at radius 3 is 1.67 bits per heavy atom. The van der Waals surface area contributed by atoms with Crippen molar-refractivity contribution >= 4 is 11.9 Å². The summed E-state index contributed by atoms with van der Waals surface area (Å²) in [5.41, 5.74) is 3.47. The van der Waals surface area contributed by atoms with Gasteiger partial charge in [-0.15, -0.1) is 0 Å². The minimum Gasteiger partial charge on any atom is -0.473 e. The molecule has 0 heterocycles. The molecule has 0 atom stereocenters. The van der Waals surface area contributed by atoms with Gasteiger partial charge in [0.2, 0.25) is 0 Å². The Balaban J connectivity index is 0. The second kappa shape index (κ2) is 7.55. The maximum absolute atomic E-state index is 9.10. The van der Waals surface area contributed by atoms with Crippen molar-refractivity contribution in [2.75, 3.05) is 0 Å². The lowest BCUT2D eigenvalue weighted by molar-refractivity contribution is -0.159. The molecule has 0 aromatic heterocycles. The van der Waals surface area contributed by atoms with Gasteiger partial charge in [-0.05, 0) is 13.8 Å². The summed E-state index contributed by atoms with van der Waals surface area (Å²) in [5.74, 6) is 1.32. The van der Waals surface area contributed by atoms with Crippen LogP contribution in [0.2, 0.25) is 0 Å². The van der Waals surface area contributed by atoms with Crippen molar-refractivity contribution in [1.82, 2.24) is 5.43 Å². The minimum absolute atomic E-state index is 0.995. The largest absolute Gasteiger partial charge is 0.473 e. The predicted octanol–water partition coefficient (Wildman–Crippen LogP) is -0.471. The van der Waals surface area contributed by atoms with Crippen LogP contribution in [-0.2, 0) is 9.59 Å². The average molecular weight is 176 g/mol. The number of nitrogens with one attached hydrogen (secondary N) is 1. The van der Waals surface area contributed by atoms with Crippen LogP contribution in [0, 0.1) is 0 Å². The first-order chi connectivity index (χ1) is 5.45. The Labute approximate surface area is 69.7 Å². The van der Waals surface area contributed by atoms with E-state index in [2.05, 4.69) is 5.43 Å². The highest BCUT2D eigenvalue weighted by atomic mass is 16.4. The molecular weight excluding hydrogens is 164 g/mol. The first kappa shape index (κ1) is 13.1. The quantitative estimate of drug-likeness (QED) is 0.244. The molecule has 0 radical (unpaired) electrons. The van der Waals surface area contributed by atoms with Gasteiger partial charge in [-0.3, -0.25) is 5.84 Å².